The zero-order valence-electron chi connectivity index (χ0n) is 12.7. The summed E-state index contributed by atoms with van der Waals surface area (Å²) in [4.78, 5) is 25.1. The molecule has 2 amide bonds. The highest BCUT2D eigenvalue weighted by molar-refractivity contribution is 7.17. The van der Waals surface area contributed by atoms with E-state index >= 15 is 0 Å². The minimum atomic E-state index is -0.0104. The first-order valence-electron chi connectivity index (χ1n) is 7.19. The maximum Gasteiger partial charge on any atom is 0.234 e. The second kappa shape index (κ2) is 12.5. The quantitative estimate of drug-likeness (QED) is 0.441. The summed E-state index contributed by atoms with van der Waals surface area (Å²) in [5.41, 5.74) is 0. The molecule has 0 heterocycles. The van der Waals surface area contributed by atoms with Gasteiger partial charge >= 0.3 is 0 Å². The van der Waals surface area contributed by atoms with Gasteiger partial charge in [0, 0.05) is 32.1 Å². The molecule has 3 unspecified atom stereocenters. The van der Waals surface area contributed by atoms with Crippen molar-refractivity contribution in [1.82, 2.24) is 15.5 Å². The van der Waals surface area contributed by atoms with Gasteiger partial charge in [-0.2, -0.15) is 0 Å². The highest BCUT2D eigenvalue weighted by Crippen LogP contribution is 2.08. The van der Waals surface area contributed by atoms with Gasteiger partial charge in [-0.1, -0.05) is 20.3 Å². The molecule has 2 N–H and O–H groups in total. The van der Waals surface area contributed by atoms with E-state index in [9.17, 15) is 9.59 Å². The van der Waals surface area contributed by atoms with Crippen LogP contribution in [0.5, 0.6) is 0 Å². The van der Waals surface area contributed by atoms with Crippen LogP contribution in [0.15, 0.2) is 0 Å². The molecule has 0 bridgehead atoms. The van der Waals surface area contributed by atoms with Crippen molar-refractivity contribution in [3.8, 4) is 0 Å². The molecule has 0 aliphatic heterocycles. The molecule has 0 aliphatic carbocycles. The Morgan fingerprint density at radius 3 is 2.15 bits per heavy atom. The molecule has 0 saturated heterocycles. The third kappa shape index (κ3) is 10.5. The number of hydrogen-bond donors (Lipinski definition) is 2. The number of nitrogens with one attached hydrogen (secondary N) is 2. The summed E-state index contributed by atoms with van der Waals surface area (Å²) in [6, 6.07) is 0. The molecule has 0 radical (unpaired) electrons. The normalized spacial score (nSPS) is 12.2. The Hall–Kier alpha value is -0.240. The molecule has 0 aromatic heterocycles. The number of hydrogen-bond acceptors (Lipinski definition) is 3. The van der Waals surface area contributed by atoms with Gasteiger partial charge in [0.05, 0.1) is 6.54 Å². The number of carbonyl (C=O) groups excluding carboxylic acids is 2. The van der Waals surface area contributed by atoms with Crippen LogP contribution in [-0.4, -0.2) is 48.9 Å². The average molecular weight is 321 g/mol. The molecule has 0 fully saturated rings. The maximum absolute atomic E-state index is 11.6. The van der Waals surface area contributed by atoms with Gasteiger partial charge in [0.15, 0.2) is 0 Å². The molecule has 3 atom stereocenters. The highest BCUT2D eigenvalue weighted by Gasteiger charge is 2.07. The Bertz CT molecular complexity index is 287. The highest BCUT2D eigenvalue weighted by atomic mass is 31.0. The van der Waals surface area contributed by atoms with Gasteiger partial charge in [-0.25, -0.2) is 0 Å². The average Bonchev–Trinajstić information content (AvgIpc) is 2.46. The van der Waals surface area contributed by atoms with Gasteiger partial charge in [-0.05, 0) is 12.3 Å². The van der Waals surface area contributed by atoms with Crippen LogP contribution in [-0.2, 0) is 9.59 Å². The molecule has 0 aromatic carbocycles. The third-order valence-corrected chi connectivity index (χ3v) is 4.25. The number of amides is 2. The van der Waals surface area contributed by atoms with Crippen molar-refractivity contribution in [1.29, 1.82) is 0 Å². The summed E-state index contributed by atoms with van der Waals surface area (Å²) < 4.78 is 0. The fourth-order valence-corrected chi connectivity index (χ4v) is 2.39. The Kier molecular flexibility index (Phi) is 12.3. The Balaban J connectivity index is 3.60. The standard InChI is InChI=1S/C13H29N3O2P2/c1-3-11(2)4-5-12(17)14-6-7-15-13(18)8-16(9-19)10-20/h11H,3-10,19-20H2,1-2H3,(H,14,17)(H,15,18). The van der Waals surface area contributed by atoms with Crippen molar-refractivity contribution < 1.29 is 9.59 Å². The molecule has 20 heavy (non-hydrogen) atoms. The van der Waals surface area contributed by atoms with E-state index in [0.29, 0.717) is 32.0 Å². The summed E-state index contributed by atoms with van der Waals surface area (Å²) in [5.74, 6) is 0.644. The fourth-order valence-electron chi connectivity index (χ4n) is 1.54. The number of nitrogens with zero attached hydrogens (tertiary/aromatic N) is 1. The predicted molar refractivity (Wildman–Crippen MR) is 90.6 cm³/mol. The van der Waals surface area contributed by atoms with Gasteiger partial charge in [0.25, 0.3) is 0 Å². The van der Waals surface area contributed by atoms with E-state index in [1.165, 1.54) is 0 Å². The number of carbonyl (C=O) groups is 2. The van der Waals surface area contributed by atoms with Crippen molar-refractivity contribution in [2.45, 2.75) is 33.1 Å². The molecular formula is C13H29N3O2P2. The summed E-state index contributed by atoms with van der Waals surface area (Å²) in [5, 5.41) is 5.62. The van der Waals surface area contributed by atoms with E-state index in [2.05, 4.69) is 43.0 Å². The van der Waals surface area contributed by atoms with E-state index in [0.717, 1.165) is 25.4 Å². The van der Waals surface area contributed by atoms with Crippen LogP contribution < -0.4 is 10.6 Å². The zero-order chi connectivity index (χ0) is 15.4. The lowest BCUT2D eigenvalue weighted by molar-refractivity contribution is -0.123. The summed E-state index contributed by atoms with van der Waals surface area (Å²) in [7, 11) is 5.19. The minimum absolute atomic E-state index is 0.0104. The van der Waals surface area contributed by atoms with E-state index in [4.69, 9.17) is 0 Å². The SMILES string of the molecule is CCC(C)CCC(=O)NCCNC(=O)CN(CP)CP. The van der Waals surface area contributed by atoms with Gasteiger partial charge in [-0.15, -0.1) is 18.5 Å². The third-order valence-electron chi connectivity index (χ3n) is 3.21. The van der Waals surface area contributed by atoms with Crippen molar-refractivity contribution >= 4 is 30.3 Å². The predicted octanol–water partition coefficient (Wildman–Crippen LogP) is 1.01. The van der Waals surface area contributed by atoms with Crippen LogP contribution in [0.4, 0.5) is 0 Å². The molecule has 0 aromatic rings. The first-order chi connectivity index (χ1) is 9.53. The van der Waals surface area contributed by atoms with Crippen molar-refractivity contribution in [2.75, 3.05) is 32.2 Å². The van der Waals surface area contributed by atoms with Gasteiger partial charge in [0.2, 0.25) is 11.8 Å². The van der Waals surface area contributed by atoms with Gasteiger partial charge in [-0.3, -0.25) is 14.5 Å². The van der Waals surface area contributed by atoms with Crippen LogP contribution in [0.1, 0.15) is 33.1 Å². The molecule has 0 aliphatic rings. The van der Waals surface area contributed by atoms with Crippen molar-refractivity contribution in [3.05, 3.63) is 0 Å². The first kappa shape index (κ1) is 19.8. The maximum atomic E-state index is 11.6. The molecule has 118 valence electrons. The lowest BCUT2D eigenvalue weighted by Gasteiger charge is -2.17. The Morgan fingerprint density at radius 1 is 1.10 bits per heavy atom. The molecule has 0 rings (SSSR count). The second-order valence-electron chi connectivity index (χ2n) is 4.95. The van der Waals surface area contributed by atoms with Crippen LogP contribution in [0.3, 0.4) is 0 Å². The molecular weight excluding hydrogens is 292 g/mol. The van der Waals surface area contributed by atoms with Crippen LogP contribution in [0, 0.1) is 5.92 Å². The van der Waals surface area contributed by atoms with E-state index in [1.807, 2.05) is 4.90 Å². The largest absolute Gasteiger partial charge is 0.354 e. The van der Waals surface area contributed by atoms with Gasteiger partial charge < -0.3 is 10.6 Å². The summed E-state index contributed by atoms with van der Waals surface area (Å²) >= 11 is 0. The van der Waals surface area contributed by atoms with Crippen molar-refractivity contribution in [3.63, 3.8) is 0 Å². The van der Waals surface area contributed by atoms with Crippen LogP contribution in [0.25, 0.3) is 0 Å². The monoisotopic (exact) mass is 321 g/mol. The molecule has 0 spiro atoms. The zero-order valence-corrected chi connectivity index (χ0v) is 15.0. The topological polar surface area (TPSA) is 61.4 Å². The first-order valence-corrected chi connectivity index (χ1v) is 8.82. The fraction of sp³-hybridized carbons (Fsp3) is 0.846. The smallest absolute Gasteiger partial charge is 0.234 e. The molecule has 0 saturated carbocycles. The number of rotatable bonds is 11. The molecule has 5 nitrogen and oxygen atoms in total. The summed E-state index contributed by atoms with van der Waals surface area (Å²) in [6.45, 7) is 5.64. The Morgan fingerprint density at radius 2 is 1.65 bits per heavy atom. The van der Waals surface area contributed by atoms with Gasteiger partial charge in [0.1, 0.15) is 0 Å². The molecule has 7 heteroatoms. The van der Waals surface area contributed by atoms with Crippen LogP contribution in [0.2, 0.25) is 0 Å². The second-order valence-corrected chi connectivity index (χ2v) is 5.68. The van der Waals surface area contributed by atoms with E-state index < -0.39 is 0 Å². The van der Waals surface area contributed by atoms with Crippen molar-refractivity contribution in [2.24, 2.45) is 5.92 Å². The van der Waals surface area contributed by atoms with E-state index in [-0.39, 0.29) is 11.8 Å². The minimum Gasteiger partial charge on any atom is -0.354 e. The summed E-state index contributed by atoms with van der Waals surface area (Å²) in [6.07, 6.45) is 4.13. The van der Waals surface area contributed by atoms with E-state index in [1.54, 1.807) is 0 Å². The van der Waals surface area contributed by atoms with Crippen LogP contribution >= 0.6 is 18.5 Å². The lowest BCUT2D eigenvalue weighted by atomic mass is 10.0. The Labute approximate surface area is 127 Å². The lowest BCUT2D eigenvalue weighted by Crippen LogP contribution is -2.40.